The molecule has 1 aromatic carbocycles. The lowest BCUT2D eigenvalue weighted by atomic mass is 9.94. The van der Waals surface area contributed by atoms with Crippen LogP contribution in [0.2, 0.25) is 5.02 Å². The maximum absolute atomic E-state index is 12.0. The summed E-state index contributed by atoms with van der Waals surface area (Å²) in [5.74, 6) is -1.29. The van der Waals surface area contributed by atoms with Gasteiger partial charge in [0.1, 0.15) is 0 Å². The van der Waals surface area contributed by atoms with E-state index in [0.29, 0.717) is 6.42 Å². The smallest absolute Gasteiger partial charge is 0.337 e. The minimum absolute atomic E-state index is 0.0149. The van der Waals surface area contributed by atoms with Crippen molar-refractivity contribution in [3.8, 4) is 0 Å². The highest BCUT2D eigenvalue weighted by atomic mass is 35.5. The lowest BCUT2D eigenvalue weighted by molar-refractivity contribution is 0.0698. The topological polar surface area (TPSA) is 83.5 Å². The molecule has 0 saturated heterocycles. The number of anilines is 1. The van der Waals surface area contributed by atoms with Gasteiger partial charge in [-0.05, 0) is 30.0 Å². The molecule has 0 saturated carbocycles. The number of sulfonamides is 1. The van der Waals surface area contributed by atoms with Crippen LogP contribution < -0.4 is 4.72 Å². The highest BCUT2D eigenvalue weighted by molar-refractivity contribution is 7.92. The fourth-order valence-corrected chi connectivity index (χ4v) is 3.11. The molecular formula is C13H18ClNO4S. The minimum Gasteiger partial charge on any atom is -0.478 e. The summed E-state index contributed by atoms with van der Waals surface area (Å²) in [5.41, 5.74) is -0.272. The Hall–Kier alpha value is -1.27. The molecular weight excluding hydrogens is 302 g/mol. The van der Waals surface area contributed by atoms with Crippen LogP contribution in [0, 0.1) is 5.41 Å². The molecule has 0 amide bonds. The van der Waals surface area contributed by atoms with E-state index < -0.39 is 16.0 Å². The second kappa shape index (κ2) is 6.01. The van der Waals surface area contributed by atoms with Crippen molar-refractivity contribution in [2.75, 3.05) is 10.5 Å². The van der Waals surface area contributed by atoms with Crippen LogP contribution in [0.25, 0.3) is 0 Å². The first kappa shape index (κ1) is 16.8. The number of hydrogen-bond acceptors (Lipinski definition) is 3. The average molecular weight is 320 g/mol. The predicted octanol–water partition coefficient (Wildman–Crippen LogP) is 3.22. The Morgan fingerprint density at radius 2 is 1.95 bits per heavy atom. The lowest BCUT2D eigenvalue weighted by Gasteiger charge is -2.18. The lowest BCUT2D eigenvalue weighted by Crippen LogP contribution is -2.22. The summed E-state index contributed by atoms with van der Waals surface area (Å²) in [5, 5.41) is 9.30. The summed E-state index contributed by atoms with van der Waals surface area (Å²) < 4.78 is 26.3. The van der Waals surface area contributed by atoms with E-state index in [-0.39, 0.29) is 27.4 Å². The van der Waals surface area contributed by atoms with Gasteiger partial charge in [-0.1, -0.05) is 32.4 Å². The summed E-state index contributed by atoms with van der Waals surface area (Å²) in [4.78, 5) is 11.1. The number of nitrogens with one attached hydrogen (secondary N) is 1. The van der Waals surface area contributed by atoms with Crippen LogP contribution in [0.5, 0.6) is 0 Å². The van der Waals surface area contributed by atoms with E-state index in [0.717, 1.165) is 0 Å². The molecule has 0 atom stereocenters. The molecule has 112 valence electrons. The maximum atomic E-state index is 12.0. The first-order chi connectivity index (χ1) is 9.00. The van der Waals surface area contributed by atoms with Crippen LogP contribution in [-0.2, 0) is 10.0 Å². The highest BCUT2D eigenvalue weighted by Gasteiger charge is 2.20. The van der Waals surface area contributed by atoms with Crippen molar-refractivity contribution in [1.29, 1.82) is 0 Å². The van der Waals surface area contributed by atoms with E-state index in [9.17, 15) is 13.2 Å². The number of carbonyl (C=O) groups is 1. The van der Waals surface area contributed by atoms with Gasteiger partial charge in [-0.25, -0.2) is 13.2 Å². The van der Waals surface area contributed by atoms with Gasteiger partial charge in [0.15, 0.2) is 0 Å². The fourth-order valence-electron chi connectivity index (χ4n) is 1.45. The van der Waals surface area contributed by atoms with Gasteiger partial charge >= 0.3 is 5.97 Å². The molecule has 0 radical (unpaired) electrons. The number of carboxylic acids is 1. The summed E-state index contributed by atoms with van der Waals surface area (Å²) >= 11 is 5.77. The van der Waals surface area contributed by atoms with E-state index in [1.54, 1.807) is 0 Å². The van der Waals surface area contributed by atoms with E-state index in [2.05, 4.69) is 4.72 Å². The van der Waals surface area contributed by atoms with Crippen LogP contribution in [0.15, 0.2) is 18.2 Å². The monoisotopic (exact) mass is 319 g/mol. The third-order valence-corrected chi connectivity index (χ3v) is 4.11. The second-order valence-electron chi connectivity index (χ2n) is 5.73. The predicted molar refractivity (Wildman–Crippen MR) is 79.9 cm³/mol. The molecule has 0 aliphatic heterocycles. The van der Waals surface area contributed by atoms with Gasteiger partial charge in [-0.3, -0.25) is 4.72 Å². The fraction of sp³-hybridized carbons (Fsp3) is 0.462. The normalized spacial score (nSPS) is 12.2. The van der Waals surface area contributed by atoms with Gasteiger partial charge < -0.3 is 5.11 Å². The molecule has 7 heteroatoms. The molecule has 5 nitrogen and oxygen atoms in total. The molecule has 20 heavy (non-hydrogen) atoms. The van der Waals surface area contributed by atoms with Crippen molar-refractivity contribution in [3.05, 3.63) is 28.8 Å². The van der Waals surface area contributed by atoms with Crippen LogP contribution in [0.1, 0.15) is 37.6 Å². The number of carboxylic acid groups (broad SMARTS) is 1. The average Bonchev–Trinajstić information content (AvgIpc) is 2.24. The van der Waals surface area contributed by atoms with Crippen molar-refractivity contribution in [2.45, 2.75) is 27.2 Å². The molecule has 0 fully saturated rings. The number of benzene rings is 1. The summed E-state index contributed by atoms with van der Waals surface area (Å²) in [6.07, 6.45) is 0.464. The first-order valence-electron chi connectivity index (χ1n) is 6.03. The van der Waals surface area contributed by atoms with Crippen molar-refractivity contribution in [1.82, 2.24) is 0 Å². The molecule has 1 rings (SSSR count). The van der Waals surface area contributed by atoms with Crippen molar-refractivity contribution in [2.24, 2.45) is 5.41 Å². The Labute approximate surface area is 124 Å². The maximum Gasteiger partial charge on any atom is 0.337 e. The third kappa shape index (κ3) is 5.38. The molecule has 0 heterocycles. The van der Waals surface area contributed by atoms with E-state index >= 15 is 0 Å². The van der Waals surface area contributed by atoms with Gasteiger partial charge in [0.25, 0.3) is 0 Å². The Balaban J connectivity index is 2.97. The number of aromatic carboxylic acids is 1. The molecule has 0 unspecified atom stereocenters. The highest BCUT2D eigenvalue weighted by Crippen LogP contribution is 2.24. The summed E-state index contributed by atoms with van der Waals surface area (Å²) in [6.45, 7) is 5.81. The van der Waals surface area contributed by atoms with Crippen molar-refractivity contribution < 1.29 is 18.3 Å². The van der Waals surface area contributed by atoms with Gasteiger partial charge in [0.2, 0.25) is 10.0 Å². The largest absolute Gasteiger partial charge is 0.478 e. The Bertz CT molecular complexity index is 605. The molecule has 0 aromatic heterocycles. The van der Waals surface area contributed by atoms with Crippen molar-refractivity contribution >= 4 is 33.3 Å². The Morgan fingerprint density at radius 1 is 1.35 bits per heavy atom. The molecule has 0 spiro atoms. The van der Waals surface area contributed by atoms with Crippen LogP contribution in [-0.4, -0.2) is 25.2 Å². The van der Waals surface area contributed by atoms with E-state index in [4.69, 9.17) is 16.7 Å². The standard InChI is InChI=1S/C13H18ClNO4S/c1-13(2,3)6-7-20(18,19)15-11-8-9(14)4-5-10(11)12(16)17/h4-5,8,15H,6-7H2,1-3H3,(H,16,17). The van der Waals surface area contributed by atoms with Crippen LogP contribution >= 0.6 is 11.6 Å². The number of rotatable bonds is 5. The molecule has 0 aliphatic rings. The molecule has 0 bridgehead atoms. The summed E-state index contributed by atoms with van der Waals surface area (Å²) in [7, 11) is -3.61. The first-order valence-corrected chi connectivity index (χ1v) is 8.06. The van der Waals surface area contributed by atoms with E-state index in [1.807, 2.05) is 20.8 Å². The van der Waals surface area contributed by atoms with Gasteiger partial charge in [-0.2, -0.15) is 0 Å². The zero-order valence-corrected chi connectivity index (χ0v) is 13.2. The second-order valence-corrected chi connectivity index (χ2v) is 8.00. The van der Waals surface area contributed by atoms with Crippen LogP contribution in [0.3, 0.4) is 0 Å². The minimum atomic E-state index is -3.61. The van der Waals surface area contributed by atoms with Gasteiger partial charge in [0, 0.05) is 5.02 Å². The van der Waals surface area contributed by atoms with Gasteiger partial charge in [0.05, 0.1) is 17.0 Å². The van der Waals surface area contributed by atoms with E-state index in [1.165, 1.54) is 18.2 Å². The summed E-state index contributed by atoms with van der Waals surface area (Å²) in [6, 6.07) is 3.96. The zero-order chi connectivity index (χ0) is 15.6. The quantitative estimate of drug-likeness (QED) is 0.872. The SMILES string of the molecule is CC(C)(C)CCS(=O)(=O)Nc1cc(Cl)ccc1C(=O)O. The zero-order valence-electron chi connectivity index (χ0n) is 11.6. The molecule has 0 aliphatic carbocycles. The third-order valence-electron chi connectivity index (χ3n) is 2.60. The van der Waals surface area contributed by atoms with Crippen molar-refractivity contribution in [3.63, 3.8) is 0 Å². The number of halogens is 1. The van der Waals surface area contributed by atoms with Crippen LogP contribution in [0.4, 0.5) is 5.69 Å². The Morgan fingerprint density at radius 3 is 2.45 bits per heavy atom. The molecule has 2 N–H and O–H groups in total. The Kier molecular flexibility index (Phi) is 5.05. The molecule has 1 aromatic rings. The van der Waals surface area contributed by atoms with Gasteiger partial charge in [-0.15, -0.1) is 0 Å². The number of hydrogen-bond donors (Lipinski definition) is 2.